The van der Waals surface area contributed by atoms with Gasteiger partial charge >= 0.3 is 0 Å². The van der Waals surface area contributed by atoms with Gasteiger partial charge in [0.25, 0.3) is 0 Å². The Bertz CT molecular complexity index is 358. The highest BCUT2D eigenvalue weighted by Gasteiger charge is 2.20. The molecule has 2 rings (SSSR count). The SMILES string of the molecule is N#CCCN1CCOC(c2ccccc2)C1. The lowest BCUT2D eigenvalue weighted by Gasteiger charge is -2.32. The van der Waals surface area contributed by atoms with Crippen molar-refractivity contribution in [3.63, 3.8) is 0 Å². The zero-order valence-corrected chi connectivity index (χ0v) is 9.30. The van der Waals surface area contributed by atoms with Crippen molar-refractivity contribution in [2.45, 2.75) is 12.5 Å². The van der Waals surface area contributed by atoms with E-state index >= 15 is 0 Å². The number of hydrogen-bond donors (Lipinski definition) is 0. The lowest BCUT2D eigenvalue weighted by Crippen LogP contribution is -2.38. The van der Waals surface area contributed by atoms with Gasteiger partial charge in [0, 0.05) is 26.1 Å². The van der Waals surface area contributed by atoms with Crippen molar-refractivity contribution < 1.29 is 4.74 Å². The monoisotopic (exact) mass is 216 g/mol. The van der Waals surface area contributed by atoms with Gasteiger partial charge in [0.2, 0.25) is 0 Å². The third-order valence-corrected chi connectivity index (χ3v) is 2.86. The van der Waals surface area contributed by atoms with E-state index < -0.39 is 0 Å². The van der Waals surface area contributed by atoms with Crippen molar-refractivity contribution in [2.75, 3.05) is 26.2 Å². The van der Waals surface area contributed by atoms with Crippen LogP contribution in [0.4, 0.5) is 0 Å². The lowest BCUT2D eigenvalue weighted by atomic mass is 10.1. The second-order valence-electron chi connectivity index (χ2n) is 3.98. The maximum atomic E-state index is 8.57. The first-order chi connectivity index (χ1) is 7.90. The van der Waals surface area contributed by atoms with E-state index in [1.165, 1.54) is 5.56 Å². The van der Waals surface area contributed by atoms with E-state index in [0.717, 1.165) is 26.2 Å². The highest BCUT2D eigenvalue weighted by atomic mass is 16.5. The summed E-state index contributed by atoms with van der Waals surface area (Å²) in [6.45, 7) is 3.44. The van der Waals surface area contributed by atoms with Crippen LogP contribution in [0.2, 0.25) is 0 Å². The molecule has 0 bridgehead atoms. The second-order valence-corrected chi connectivity index (χ2v) is 3.98. The van der Waals surface area contributed by atoms with E-state index in [1.807, 2.05) is 18.2 Å². The summed E-state index contributed by atoms with van der Waals surface area (Å²) in [6, 6.07) is 12.5. The van der Waals surface area contributed by atoms with E-state index in [1.54, 1.807) is 0 Å². The molecule has 16 heavy (non-hydrogen) atoms. The quantitative estimate of drug-likeness (QED) is 0.775. The number of ether oxygens (including phenoxy) is 1. The van der Waals surface area contributed by atoms with Crippen LogP contribution >= 0.6 is 0 Å². The Morgan fingerprint density at radius 3 is 2.94 bits per heavy atom. The summed E-state index contributed by atoms with van der Waals surface area (Å²) in [7, 11) is 0. The molecule has 0 aliphatic carbocycles. The largest absolute Gasteiger partial charge is 0.371 e. The number of morpholine rings is 1. The van der Waals surface area contributed by atoms with Crippen LogP contribution in [0.25, 0.3) is 0 Å². The molecule has 1 aromatic rings. The Kier molecular flexibility index (Phi) is 3.92. The molecule has 1 saturated heterocycles. The fourth-order valence-corrected chi connectivity index (χ4v) is 1.98. The highest BCUT2D eigenvalue weighted by Crippen LogP contribution is 2.21. The van der Waals surface area contributed by atoms with E-state index in [0.29, 0.717) is 6.42 Å². The molecule has 1 fully saturated rings. The number of nitrogens with zero attached hydrogens (tertiary/aromatic N) is 2. The van der Waals surface area contributed by atoms with Crippen LogP contribution in [-0.4, -0.2) is 31.1 Å². The Morgan fingerprint density at radius 2 is 2.19 bits per heavy atom. The first-order valence-electron chi connectivity index (χ1n) is 5.66. The van der Waals surface area contributed by atoms with Crippen molar-refractivity contribution in [1.29, 1.82) is 5.26 Å². The summed E-state index contributed by atoms with van der Waals surface area (Å²) in [6.07, 6.45) is 0.760. The molecular formula is C13H16N2O. The van der Waals surface area contributed by atoms with Crippen molar-refractivity contribution in [1.82, 2.24) is 4.90 Å². The molecule has 3 nitrogen and oxygen atoms in total. The molecule has 1 aromatic carbocycles. The van der Waals surface area contributed by atoms with Gasteiger partial charge in [-0.3, -0.25) is 4.90 Å². The van der Waals surface area contributed by atoms with E-state index in [-0.39, 0.29) is 6.10 Å². The maximum absolute atomic E-state index is 8.57. The first-order valence-corrected chi connectivity index (χ1v) is 5.66. The van der Waals surface area contributed by atoms with E-state index in [9.17, 15) is 0 Å². The van der Waals surface area contributed by atoms with Gasteiger partial charge in [0.15, 0.2) is 0 Å². The predicted molar refractivity (Wildman–Crippen MR) is 61.8 cm³/mol. The molecule has 0 radical (unpaired) electrons. The van der Waals surface area contributed by atoms with E-state index in [2.05, 4.69) is 23.1 Å². The summed E-state index contributed by atoms with van der Waals surface area (Å²) < 4.78 is 5.75. The normalized spacial score (nSPS) is 21.6. The molecule has 0 N–H and O–H groups in total. The van der Waals surface area contributed by atoms with Crippen molar-refractivity contribution >= 4 is 0 Å². The van der Waals surface area contributed by atoms with Gasteiger partial charge in [-0.15, -0.1) is 0 Å². The van der Waals surface area contributed by atoms with Gasteiger partial charge in [-0.25, -0.2) is 0 Å². The summed E-state index contributed by atoms with van der Waals surface area (Å²) in [5, 5.41) is 8.57. The van der Waals surface area contributed by atoms with Gasteiger partial charge < -0.3 is 4.74 Å². The molecule has 0 aromatic heterocycles. The minimum Gasteiger partial charge on any atom is -0.371 e. The molecule has 0 spiro atoms. The smallest absolute Gasteiger partial charge is 0.0952 e. The third-order valence-electron chi connectivity index (χ3n) is 2.86. The Labute approximate surface area is 96.2 Å². The summed E-state index contributed by atoms with van der Waals surface area (Å²) in [4.78, 5) is 2.30. The molecule has 1 atom stereocenters. The van der Waals surface area contributed by atoms with Gasteiger partial charge in [-0.2, -0.15) is 5.26 Å². The Balaban J connectivity index is 1.94. The lowest BCUT2D eigenvalue weighted by molar-refractivity contribution is -0.0292. The average molecular weight is 216 g/mol. The predicted octanol–water partition coefficient (Wildman–Crippen LogP) is 1.97. The first kappa shape index (κ1) is 11.1. The van der Waals surface area contributed by atoms with Gasteiger partial charge in [-0.1, -0.05) is 30.3 Å². The molecule has 0 saturated carbocycles. The average Bonchev–Trinajstić information content (AvgIpc) is 2.38. The fourth-order valence-electron chi connectivity index (χ4n) is 1.98. The minimum absolute atomic E-state index is 0.161. The minimum atomic E-state index is 0.161. The molecule has 1 heterocycles. The zero-order valence-electron chi connectivity index (χ0n) is 9.30. The number of rotatable bonds is 3. The highest BCUT2D eigenvalue weighted by molar-refractivity contribution is 5.18. The fraction of sp³-hybridized carbons (Fsp3) is 0.462. The molecule has 1 aliphatic rings. The van der Waals surface area contributed by atoms with Gasteiger partial charge in [-0.05, 0) is 5.56 Å². The van der Waals surface area contributed by atoms with Gasteiger partial charge in [0.1, 0.15) is 0 Å². The molecule has 1 unspecified atom stereocenters. The van der Waals surface area contributed by atoms with E-state index in [4.69, 9.17) is 10.00 Å². The number of hydrogen-bond acceptors (Lipinski definition) is 3. The Hall–Kier alpha value is -1.37. The molecule has 3 heteroatoms. The van der Waals surface area contributed by atoms with Crippen LogP contribution < -0.4 is 0 Å². The van der Waals surface area contributed by atoms with Crippen LogP contribution in [0.3, 0.4) is 0 Å². The third kappa shape index (κ3) is 2.82. The number of nitriles is 1. The van der Waals surface area contributed by atoms with Crippen molar-refractivity contribution in [3.05, 3.63) is 35.9 Å². The summed E-state index contributed by atoms with van der Waals surface area (Å²) in [5.74, 6) is 0. The molecule has 84 valence electrons. The topological polar surface area (TPSA) is 36.3 Å². The van der Waals surface area contributed by atoms with Crippen LogP contribution in [0.1, 0.15) is 18.1 Å². The summed E-state index contributed by atoms with van der Waals surface area (Å²) in [5.41, 5.74) is 1.23. The van der Waals surface area contributed by atoms with Gasteiger partial charge in [0.05, 0.1) is 18.8 Å². The molecular weight excluding hydrogens is 200 g/mol. The van der Waals surface area contributed by atoms with Crippen LogP contribution in [0.5, 0.6) is 0 Å². The maximum Gasteiger partial charge on any atom is 0.0952 e. The second kappa shape index (κ2) is 5.64. The van der Waals surface area contributed by atoms with Crippen molar-refractivity contribution in [2.24, 2.45) is 0 Å². The Morgan fingerprint density at radius 1 is 1.38 bits per heavy atom. The van der Waals surface area contributed by atoms with Crippen LogP contribution in [-0.2, 0) is 4.74 Å². The van der Waals surface area contributed by atoms with Crippen LogP contribution in [0, 0.1) is 11.3 Å². The summed E-state index contributed by atoms with van der Waals surface area (Å²) >= 11 is 0. The molecule has 0 amide bonds. The van der Waals surface area contributed by atoms with Crippen molar-refractivity contribution in [3.8, 4) is 6.07 Å². The standard InChI is InChI=1S/C13H16N2O/c14-7-4-8-15-9-10-16-13(11-15)12-5-2-1-3-6-12/h1-3,5-6,13H,4,8-11H2. The van der Waals surface area contributed by atoms with Crippen LogP contribution in [0.15, 0.2) is 30.3 Å². The zero-order chi connectivity index (χ0) is 11.2. The molecule has 1 aliphatic heterocycles. The number of benzene rings is 1.